The Bertz CT molecular complexity index is 665. The number of rotatable bonds is 4. The molecule has 2 aromatic heterocycles. The van der Waals surface area contributed by atoms with E-state index in [4.69, 9.17) is 23.2 Å². The molecule has 19 heavy (non-hydrogen) atoms. The lowest BCUT2D eigenvalue weighted by molar-refractivity contribution is 0.642. The molecule has 2 heterocycles. The highest BCUT2D eigenvalue weighted by Gasteiger charge is 2.28. The number of hydrogen-bond acceptors (Lipinski definition) is 4. The van der Waals surface area contributed by atoms with Crippen molar-refractivity contribution in [3.8, 4) is 0 Å². The number of pyridine rings is 1. The van der Waals surface area contributed by atoms with Gasteiger partial charge in [-0.3, -0.25) is 4.57 Å². The second kappa shape index (κ2) is 5.19. The fraction of sp³-hybridized carbons (Fsp3) is 0.364. The third-order valence-corrected chi connectivity index (χ3v) is 4.40. The second-order valence-electron chi connectivity index (χ2n) is 4.30. The molecule has 5 nitrogen and oxygen atoms in total. The van der Waals surface area contributed by atoms with Crippen molar-refractivity contribution in [1.29, 1.82) is 0 Å². The molecule has 0 unspecified atom stereocenters. The Hall–Kier alpha value is -0.980. The molecule has 0 bridgehead atoms. The normalized spacial score (nSPS) is 14.8. The number of thioether (sulfide) groups is 1. The third kappa shape index (κ3) is 2.80. The standard InChI is InChI=1S/C11H10Cl2N4OS/c12-8-3-9(13)14-4-6(8)5-19-11-16-15-10(18)17(11)7-1-2-7/h3-4,7H,1-2,5H2,(H,15,18). The zero-order valence-corrected chi connectivity index (χ0v) is 12.1. The van der Waals surface area contributed by atoms with Crippen LogP contribution in [0.5, 0.6) is 0 Å². The predicted molar refractivity (Wildman–Crippen MR) is 74.9 cm³/mol. The van der Waals surface area contributed by atoms with Crippen LogP contribution in [0.4, 0.5) is 0 Å². The van der Waals surface area contributed by atoms with Gasteiger partial charge in [-0.05, 0) is 24.5 Å². The Balaban J connectivity index is 1.77. The summed E-state index contributed by atoms with van der Waals surface area (Å²) >= 11 is 13.3. The van der Waals surface area contributed by atoms with Gasteiger partial charge in [0.2, 0.25) is 0 Å². The van der Waals surface area contributed by atoms with E-state index in [2.05, 4.69) is 15.2 Å². The average molecular weight is 317 g/mol. The van der Waals surface area contributed by atoms with Gasteiger partial charge in [-0.25, -0.2) is 14.9 Å². The summed E-state index contributed by atoms with van der Waals surface area (Å²) in [6.07, 6.45) is 3.72. The van der Waals surface area contributed by atoms with Gasteiger partial charge in [0.25, 0.3) is 0 Å². The molecular formula is C11H10Cl2N4OS. The van der Waals surface area contributed by atoms with Gasteiger partial charge in [0.1, 0.15) is 5.15 Å². The van der Waals surface area contributed by atoms with E-state index in [0.29, 0.717) is 27.1 Å². The SMILES string of the molecule is O=c1[nH]nc(SCc2cnc(Cl)cc2Cl)n1C1CC1. The van der Waals surface area contributed by atoms with Gasteiger partial charge in [0.15, 0.2) is 5.16 Å². The number of halogens is 2. The molecule has 3 rings (SSSR count). The highest BCUT2D eigenvalue weighted by atomic mass is 35.5. The first-order valence-electron chi connectivity index (χ1n) is 5.75. The minimum Gasteiger partial charge on any atom is -0.267 e. The summed E-state index contributed by atoms with van der Waals surface area (Å²) in [6, 6.07) is 1.91. The van der Waals surface area contributed by atoms with E-state index >= 15 is 0 Å². The van der Waals surface area contributed by atoms with Crippen molar-refractivity contribution in [2.45, 2.75) is 29.8 Å². The van der Waals surface area contributed by atoms with Crippen molar-refractivity contribution in [1.82, 2.24) is 19.7 Å². The maximum Gasteiger partial charge on any atom is 0.344 e. The molecule has 0 saturated heterocycles. The lowest BCUT2D eigenvalue weighted by atomic mass is 10.3. The number of hydrogen-bond donors (Lipinski definition) is 1. The minimum atomic E-state index is -0.148. The number of nitrogens with zero attached hydrogens (tertiary/aromatic N) is 3. The molecule has 1 fully saturated rings. The van der Waals surface area contributed by atoms with E-state index in [1.54, 1.807) is 16.8 Å². The Labute approximate surface area is 123 Å². The summed E-state index contributed by atoms with van der Waals surface area (Å²) in [6.45, 7) is 0. The van der Waals surface area contributed by atoms with Gasteiger partial charge in [0.05, 0.1) is 0 Å². The molecule has 0 spiro atoms. The lowest BCUT2D eigenvalue weighted by Gasteiger charge is -2.05. The predicted octanol–water partition coefficient (Wildman–Crippen LogP) is 2.90. The molecule has 0 aromatic carbocycles. The van der Waals surface area contributed by atoms with Gasteiger partial charge in [-0.1, -0.05) is 35.0 Å². The molecule has 2 aromatic rings. The molecule has 100 valence electrons. The minimum absolute atomic E-state index is 0.148. The molecular weight excluding hydrogens is 307 g/mol. The third-order valence-electron chi connectivity index (χ3n) is 2.84. The first kappa shape index (κ1) is 13.0. The first-order valence-corrected chi connectivity index (χ1v) is 7.49. The molecule has 1 aliphatic carbocycles. The Morgan fingerprint density at radius 1 is 1.47 bits per heavy atom. The summed E-state index contributed by atoms with van der Waals surface area (Å²) < 4.78 is 1.71. The highest BCUT2D eigenvalue weighted by Crippen LogP contribution is 2.36. The van der Waals surface area contributed by atoms with Gasteiger partial charge in [-0.15, -0.1) is 5.10 Å². The summed E-state index contributed by atoms with van der Waals surface area (Å²) in [4.78, 5) is 15.6. The molecule has 1 saturated carbocycles. The van der Waals surface area contributed by atoms with Crippen LogP contribution in [0, 0.1) is 0 Å². The van der Waals surface area contributed by atoms with Crippen molar-refractivity contribution in [3.63, 3.8) is 0 Å². The monoisotopic (exact) mass is 316 g/mol. The Morgan fingerprint density at radius 3 is 2.95 bits per heavy atom. The van der Waals surface area contributed by atoms with Crippen LogP contribution in [-0.2, 0) is 5.75 Å². The maximum absolute atomic E-state index is 11.6. The largest absolute Gasteiger partial charge is 0.344 e. The van der Waals surface area contributed by atoms with Crippen LogP contribution in [0.3, 0.4) is 0 Å². The zero-order valence-electron chi connectivity index (χ0n) is 9.77. The molecule has 0 radical (unpaired) electrons. The number of nitrogens with one attached hydrogen (secondary N) is 1. The van der Waals surface area contributed by atoms with Crippen LogP contribution < -0.4 is 5.69 Å². The highest BCUT2D eigenvalue weighted by molar-refractivity contribution is 7.98. The van der Waals surface area contributed by atoms with Crippen LogP contribution in [-0.4, -0.2) is 19.7 Å². The molecule has 1 aliphatic rings. The molecule has 0 amide bonds. The fourth-order valence-electron chi connectivity index (χ4n) is 1.73. The number of aromatic amines is 1. The van der Waals surface area contributed by atoms with E-state index in [1.165, 1.54) is 11.8 Å². The van der Waals surface area contributed by atoms with E-state index in [9.17, 15) is 4.79 Å². The molecule has 0 atom stereocenters. The molecule has 1 N–H and O–H groups in total. The van der Waals surface area contributed by atoms with Gasteiger partial charge in [0, 0.05) is 23.0 Å². The van der Waals surface area contributed by atoms with Crippen LogP contribution in [0.1, 0.15) is 24.4 Å². The fourth-order valence-corrected chi connectivity index (χ4v) is 3.24. The van der Waals surface area contributed by atoms with E-state index in [0.717, 1.165) is 18.4 Å². The first-order chi connectivity index (χ1) is 9.15. The van der Waals surface area contributed by atoms with Crippen LogP contribution in [0.15, 0.2) is 22.2 Å². The van der Waals surface area contributed by atoms with E-state index < -0.39 is 0 Å². The molecule has 0 aliphatic heterocycles. The summed E-state index contributed by atoms with van der Waals surface area (Å²) in [5.41, 5.74) is 0.721. The zero-order chi connectivity index (χ0) is 13.4. The Kier molecular flexibility index (Phi) is 3.56. The maximum atomic E-state index is 11.6. The van der Waals surface area contributed by atoms with Crippen molar-refractivity contribution in [2.24, 2.45) is 0 Å². The van der Waals surface area contributed by atoms with Crippen molar-refractivity contribution < 1.29 is 0 Å². The lowest BCUT2D eigenvalue weighted by Crippen LogP contribution is -2.16. The van der Waals surface area contributed by atoms with Crippen LogP contribution in [0.2, 0.25) is 10.2 Å². The van der Waals surface area contributed by atoms with Crippen LogP contribution >= 0.6 is 35.0 Å². The van der Waals surface area contributed by atoms with Crippen molar-refractivity contribution in [3.05, 3.63) is 38.5 Å². The van der Waals surface area contributed by atoms with Crippen molar-refractivity contribution in [2.75, 3.05) is 0 Å². The topological polar surface area (TPSA) is 63.6 Å². The van der Waals surface area contributed by atoms with Gasteiger partial charge < -0.3 is 0 Å². The summed E-state index contributed by atoms with van der Waals surface area (Å²) in [5, 5.41) is 8.16. The number of aromatic nitrogens is 4. The average Bonchev–Trinajstić information content (AvgIpc) is 3.13. The quantitative estimate of drug-likeness (QED) is 0.696. The molecule has 8 heteroatoms. The summed E-state index contributed by atoms with van der Waals surface area (Å²) in [7, 11) is 0. The van der Waals surface area contributed by atoms with E-state index in [1.807, 2.05) is 0 Å². The van der Waals surface area contributed by atoms with Crippen molar-refractivity contribution >= 4 is 35.0 Å². The number of H-pyrrole nitrogens is 1. The Morgan fingerprint density at radius 2 is 2.26 bits per heavy atom. The van der Waals surface area contributed by atoms with Gasteiger partial charge in [-0.2, -0.15) is 0 Å². The summed E-state index contributed by atoms with van der Waals surface area (Å²) in [5.74, 6) is 0.597. The van der Waals surface area contributed by atoms with E-state index in [-0.39, 0.29) is 5.69 Å². The van der Waals surface area contributed by atoms with Gasteiger partial charge >= 0.3 is 5.69 Å². The second-order valence-corrected chi connectivity index (χ2v) is 6.04. The van der Waals surface area contributed by atoms with Crippen LogP contribution in [0.25, 0.3) is 0 Å². The smallest absolute Gasteiger partial charge is 0.267 e.